The summed E-state index contributed by atoms with van der Waals surface area (Å²) in [6, 6.07) is 4.56. The Balaban J connectivity index is 2.10. The molecule has 0 saturated carbocycles. The number of hydrogen-bond acceptors (Lipinski definition) is 4. The second-order valence-electron chi connectivity index (χ2n) is 6.02. The van der Waals surface area contributed by atoms with Gasteiger partial charge in [-0.1, -0.05) is 6.42 Å². The fourth-order valence-electron chi connectivity index (χ4n) is 3.27. The Morgan fingerprint density at radius 2 is 1.82 bits per heavy atom. The van der Waals surface area contributed by atoms with Crippen LogP contribution in [0, 0.1) is 0 Å². The van der Waals surface area contributed by atoms with Gasteiger partial charge in [-0.15, -0.1) is 0 Å². The van der Waals surface area contributed by atoms with E-state index < -0.39 is 15.8 Å². The summed E-state index contributed by atoms with van der Waals surface area (Å²) in [4.78, 5) is 11.7. The Kier molecular flexibility index (Phi) is 3.65. The molecule has 0 spiro atoms. The molecule has 2 heterocycles. The van der Waals surface area contributed by atoms with Gasteiger partial charge in [0, 0.05) is 25.2 Å². The topological polar surface area (TPSA) is 72.5 Å². The first-order valence-corrected chi connectivity index (χ1v) is 8.89. The van der Waals surface area contributed by atoms with Crippen molar-refractivity contribution in [2.75, 3.05) is 0 Å². The normalized spacial score (nSPS) is 24.0. The maximum atomic E-state index is 12.9. The summed E-state index contributed by atoms with van der Waals surface area (Å²) in [6.45, 7) is 3.88. The van der Waals surface area contributed by atoms with Crippen molar-refractivity contribution in [3.05, 3.63) is 28.7 Å². The van der Waals surface area contributed by atoms with Gasteiger partial charge in [0.05, 0.1) is 10.4 Å². The first kappa shape index (κ1) is 15.3. The van der Waals surface area contributed by atoms with Crippen molar-refractivity contribution in [3.8, 4) is 0 Å². The largest absolute Gasteiger partial charge is 0.419 e. The van der Waals surface area contributed by atoms with E-state index in [4.69, 9.17) is 4.42 Å². The van der Waals surface area contributed by atoms with Gasteiger partial charge in [0.1, 0.15) is 0 Å². The highest BCUT2D eigenvalue weighted by Crippen LogP contribution is 2.30. The molecule has 1 aliphatic heterocycles. The second-order valence-corrected chi connectivity index (χ2v) is 7.86. The number of oxazole rings is 1. The minimum Gasteiger partial charge on any atom is -0.408 e. The zero-order valence-electron chi connectivity index (χ0n) is 12.9. The molecule has 1 aromatic heterocycles. The van der Waals surface area contributed by atoms with Crippen molar-refractivity contribution in [1.82, 2.24) is 8.87 Å². The molecule has 0 amide bonds. The fraction of sp³-hybridized carbons (Fsp3) is 0.533. The Hall–Kier alpha value is -1.60. The smallest absolute Gasteiger partial charge is 0.408 e. The molecule has 0 N–H and O–H groups in total. The number of aromatic nitrogens is 1. The van der Waals surface area contributed by atoms with E-state index in [1.807, 2.05) is 13.8 Å². The van der Waals surface area contributed by atoms with Crippen LogP contribution in [0.4, 0.5) is 0 Å². The first-order chi connectivity index (χ1) is 10.3. The summed E-state index contributed by atoms with van der Waals surface area (Å²) in [6.07, 6.45) is 2.78. The van der Waals surface area contributed by atoms with Crippen LogP contribution in [-0.4, -0.2) is 29.4 Å². The lowest BCUT2D eigenvalue weighted by Gasteiger charge is -2.37. The summed E-state index contributed by atoms with van der Waals surface area (Å²) in [5.74, 6) is -0.496. The molecule has 1 saturated heterocycles. The van der Waals surface area contributed by atoms with E-state index in [1.54, 1.807) is 23.5 Å². The van der Waals surface area contributed by atoms with Crippen LogP contribution in [0.25, 0.3) is 11.1 Å². The number of aryl methyl sites for hydroxylation is 1. The molecule has 2 unspecified atom stereocenters. The number of sulfonamides is 1. The van der Waals surface area contributed by atoms with Crippen LogP contribution in [0.3, 0.4) is 0 Å². The number of fused-ring (bicyclic) bond motifs is 1. The molecule has 0 radical (unpaired) electrons. The SMILES string of the molecule is CC1CCCC(C)N1S(=O)(=O)c1ccc2c(c1)oc(=O)n2C. The van der Waals surface area contributed by atoms with Crippen LogP contribution in [0.1, 0.15) is 33.1 Å². The Morgan fingerprint density at radius 3 is 2.45 bits per heavy atom. The molecule has 1 aromatic carbocycles. The molecule has 1 fully saturated rings. The third kappa shape index (κ3) is 2.28. The molecule has 0 aliphatic carbocycles. The second kappa shape index (κ2) is 5.24. The maximum absolute atomic E-state index is 12.9. The van der Waals surface area contributed by atoms with Crippen LogP contribution in [-0.2, 0) is 17.1 Å². The maximum Gasteiger partial charge on any atom is 0.419 e. The van der Waals surface area contributed by atoms with E-state index in [2.05, 4.69) is 0 Å². The highest BCUT2D eigenvalue weighted by Gasteiger charge is 2.35. The van der Waals surface area contributed by atoms with Crippen molar-refractivity contribution in [2.45, 2.75) is 50.1 Å². The first-order valence-electron chi connectivity index (χ1n) is 7.45. The fourth-order valence-corrected chi connectivity index (χ4v) is 5.17. The summed E-state index contributed by atoms with van der Waals surface area (Å²) in [5, 5.41) is 0. The molecule has 3 rings (SSSR count). The standard InChI is InChI=1S/C15H20N2O4S/c1-10-5-4-6-11(2)17(10)22(19,20)12-7-8-13-14(9-12)21-15(18)16(13)3/h7-11H,4-6H2,1-3H3. The van der Waals surface area contributed by atoms with Crippen molar-refractivity contribution in [1.29, 1.82) is 0 Å². The molecule has 1 aliphatic rings. The minimum absolute atomic E-state index is 0.0211. The van der Waals surface area contributed by atoms with Crippen molar-refractivity contribution >= 4 is 21.1 Å². The summed E-state index contributed by atoms with van der Waals surface area (Å²) < 4.78 is 33.9. The van der Waals surface area contributed by atoms with Gasteiger partial charge in [-0.3, -0.25) is 4.57 Å². The summed E-state index contributed by atoms with van der Waals surface area (Å²) in [7, 11) is -2.00. The molecule has 0 bridgehead atoms. The minimum atomic E-state index is -3.59. The zero-order chi connectivity index (χ0) is 16.1. The summed E-state index contributed by atoms with van der Waals surface area (Å²) in [5.41, 5.74) is 0.884. The highest BCUT2D eigenvalue weighted by atomic mass is 32.2. The van der Waals surface area contributed by atoms with Gasteiger partial charge in [0.2, 0.25) is 10.0 Å². The number of hydrogen-bond donors (Lipinski definition) is 0. The lowest BCUT2D eigenvalue weighted by Crippen LogP contribution is -2.47. The average molecular weight is 324 g/mol. The van der Waals surface area contributed by atoms with Crippen LogP contribution < -0.4 is 5.76 Å². The van der Waals surface area contributed by atoms with E-state index in [0.717, 1.165) is 19.3 Å². The molecule has 6 nitrogen and oxygen atoms in total. The Labute approximate surface area is 129 Å². The molecular formula is C15H20N2O4S. The van der Waals surface area contributed by atoms with Crippen molar-refractivity contribution in [2.24, 2.45) is 7.05 Å². The van der Waals surface area contributed by atoms with Gasteiger partial charge >= 0.3 is 5.76 Å². The van der Waals surface area contributed by atoms with Crippen molar-refractivity contribution < 1.29 is 12.8 Å². The zero-order valence-corrected chi connectivity index (χ0v) is 13.8. The van der Waals surface area contributed by atoms with Crippen LogP contribution in [0.15, 0.2) is 32.3 Å². The van der Waals surface area contributed by atoms with Crippen LogP contribution >= 0.6 is 0 Å². The predicted octanol–water partition coefficient (Wildman–Crippen LogP) is 2.08. The van der Waals surface area contributed by atoms with Crippen molar-refractivity contribution in [3.63, 3.8) is 0 Å². The van der Waals surface area contributed by atoms with E-state index >= 15 is 0 Å². The highest BCUT2D eigenvalue weighted by molar-refractivity contribution is 7.89. The molecule has 22 heavy (non-hydrogen) atoms. The van der Waals surface area contributed by atoms with Crippen LogP contribution in [0.5, 0.6) is 0 Å². The lowest BCUT2D eigenvalue weighted by molar-refractivity contribution is 0.204. The monoisotopic (exact) mass is 324 g/mol. The van der Waals surface area contributed by atoms with Gasteiger partial charge in [0.25, 0.3) is 0 Å². The third-order valence-corrected chi connectivity index (χ3v) is 6.58. The Morgan fingerprint density at radius 1 is 1.18 bits per heavy atom. The number of nitrogens with zero attached hydrogens (tertiary/aromatic N) is 2. The van der Waals surface area contributed by atoms with E-state index in [0.29, 0.717) is 11.1 Å². The van der Waals surface area contributed by atoms with Gasteiger partial charge in [0.15, 0.2) is 5.58 Å². The molecule has 7 heteroatoms. The molecular weight excluding hydrogens is 304 g/mol. The quantitative estimate of drug-likeness (QED) is 0.848. The Bertz CT molecular complexity index is 855. The van der Waals surface area contributed by atoms with E-state index in [1.165, 1.54) is 10.6 Å². The van der Waals surface area contributed by atoms with Gasteiger partial charge in [-0.2, -0.15) is 4.31 Å². The van der Waals surface area contributed by atoms with E-state index in [-0.39, 0.29) is 17.0 Å². The van der Waals surface area contributed by atoms with Gasteiger partial charge in [-0.25, -0.2) is 13.2 Å². The van der Waals surface area contributed by atoms with Gasteiger partial charge < -0.3 is 4.42 Å². The average Bonchev–Trinajstić information content (AvgIpc) is 2.73. The van der Waals surface area contributed by atoms with E-state index in [9.17, 15) is 13.2 Å². The van der Waals surface area contributed by atoms with Gasteiger partial charge in [-0.05, 0) is 38.8 Å². The molecule has 2 atom stereocenters. The molecule has 2 aromatic rings. The molecule has 120 valence electrons. The number of rotatable bonds is 2. The predicted molar refractivity (Wildman–Crippen MR) is 83.3 cm³/mol. The number of benzene rings is 1. The third-order valence-electron chi connectivity index (χ3n) is 4.45. The lowest BCUT2D eigenvalue weighted by atomic mass is 10.0. The summed E-state index contributed by atoms with van der Waals surface area (Å²) >= 11 is 0. The van der Waals surface area contributed by atoms with Crippen LogP contribution in [0.2, 0.25) is 0 Å². The number of piperidine rings is 1.